The highest BCUT2D eigenvalue weighted by Crippen LogP contribution is 2.22. The smallest absolute Gasteiger partial charge is 0.244 e. The molecule has 2 aromatic carbocycles. The van der Waals surface area contributed by atoms with Gasteiger partial charge < -0.3 is 15.1 Å². The highest BCUT2D eigenvalue weighted by atomic mass is 35.5. The predicted octanol–water partition coefficient (Wildman–Crippen LogP) is 3.93. The summed E-state index contributed by atoms with van der Waals surface area (Å²) in [5, 5.41) is 3.51. The Kier molecular flexibility index (Phi) is 6.35. The molecule has 0 bridgehead atoms. The number of rotatable bonds is 6. The second kappa shape index (κ2) is 8.91. The lowest BCUT2D eigenvalue weighted by Crippen LogP contribution is -2.36. The third-order valence-electron chi connectivity index (χ3n) is 4.69. The molecule has 27 heavy (non-hydrogen) atoms. The van der Waals surface area contributed by atoms with Crippen LogP contribution in [0.15, 0.2) is 48.5 Å². The Balaban J connectivity index is 1.57. The van der Waals surface area contributed by atoms with E-state index >= 15 is 0 Å². The van der Waals surface area contributed by atoms with Crippen LogP contribution in [0.3, 0.4) is 0 Å². The van der Waals surface area contributed by atoms with Crippen LogP contribution < -0.4 is 10.2 Å². The molecule has 1 N–H and O–H groups in total. The molecule has 0 spiro atoms. The molecular weight excluding hydrogens is 362 g/mol. The minimum atomic E-state index is -0.215. The molecule has 0 atom stereocenters. The molecular formula is C21H24ClN3O2. The van der Waals surface area contributed by atoms with Crippen molar-refractivity contribution in [2.45, 2.75) is 26.3 Å². The van der Waals surface area contributed by atoms with Crippen LogP contribution in [0.1, 0.15) is 25.3 Å². The van der Waals surface area contributed by atoms with Gasteiger partial charge in [-0.1, -0.05) is 23.7 Å². The number of amides is 2. The third-order valence-corrected chi connectivity index (χ3v) is 4.94. The van der Waals surface area contributed by atoms with Crippen LogP contribution in [0, 0.1) is 0 Å². The number of carbonyl (C=O) groups excluding carboxylic acids is 2. The number of benzene rings is 2. The fourth-order valence-corrected chi connectivity index (χ4v) is 3.32. The first-order valence-corrected chi connectivity index (χ1v) is 9.54. The van der Waals surface area contributed by atoms with Crippen molar-refractivity contribution in [1.29, 1.82) is 0 Å². The topological polar surface area (TPSA) is 52.7 Å². The van der Waals surface area contributed by atoms with Crippen molar-refractivity contribution in [1.82, 2.24) is 4.90 Å². The predicted molar refractivity (Wildman–Crippen MR) is 109 cm³/mol. The maximum atomic E-state index is 12.4. The van der Waals surface area contributed by atoms with E-state index in [1.165, 1.54) is 30.4 Å². The number of hydrogen-bond acceptors (Lipinski definition) is 3. The summed E-state index contributed by atoms with van der Waals surface area (Å²) < 4.78 is 0. The van der Waals surface area contributed by atoms with Gasteiger partial charge in [-0.05, 0) is 54.8 Å². The number of nitrogens with zero attached hydrogens (tertiary/aromatic N) is 2. The molecule has 6 heteroatoms. The SMILES string of the molecule is CC(=O)N(CC(=O)Nc1ccc(N2CCCC2)cc1)Cc1ccc(Cl)cc1. The standard InChI is InChI=1S/C21H24ClN3O2/c1-16(26)25(14-17-4-6-18(22)7-5-17)15-21(27)23-19-8-10-20(11-9-19)24-12-2-3-13-24/h4-11H,2-3,12-15H2,1H3,(H,23,27). The van der Waals surface area contributed by atoms with Gasteiger partial charge in [0.1, 0.15) is 6.54 Å². The molecule has 0 aliphatic carbocycles. The van der Waals surface area contributed by atoms with Gasteiger partial charge in [0.25, 0.3) is 0 Å². The van der Waals surface area contributed by atoms with Gasteiger partial charge in [-0.3, -0.25) is 9.59 Å². The number of carbonyl (C=O) groups is 2. The molecule has 5 nitrogen and oxygen atoms in total. The highest BCUT2D eigenvalue weighted by molar-refractivity contribution is 6.30. The van der Waals surface area contributed by atoms with Crippen molar-refractivity contribution >= 4 is 34.8 Å². The summed E-state index contributed by atoms with van der Waals surface area (Å²) in [6.07, 6.45) is 2.46. The lowest BCUT2D eigenvalue weighted by Gasteiger charge is -2.21. The fraction of sp³-hybridized carbons (Fsp3) is 0.333. The van der Waals surface area contributed by atoms with E-state index in [0.717, 1.165) is 24.3 Å². The number of nitrogens with one attached hydrogen (secondary N) is 1. The fourth-order valence-electron chi connectivity index (χ4n) is 3.19. The normalized spacial score (nSPS) is 13.5. The van der Waals surface area contributed by atoms with E-state index in [2.05, 4.69) is 10.2 Å². The molecule has 2 aromatic rings. The van der Waals surface area contributed by atoms with Gasteiger partial charge in [-0.15, -0.1) is 0 Å². The molecule has 0 aromatic heterocycles. The Morgan fingerprint density at radius 1 is 1.04 bits per heavy atom. The summed E-state index contributed by atoms with van der Waals surface area (Å²) in [6.45, 7) is 4.02. The van der Waals surface area contributed by atoms with E-state index in [1.807, 2.05) is 36.4 Å². The van der Waals surface area contributed by atoms with Crippen LogP contribution in [0.5, 0.6) is 0 Å². The largest absolute Gasteiger partial charge is 0.372 e. The first-order valence-electron chi connectivity index (χ1n) is 9.16. The Bertz CT molecular complexity index is 784. The molecule has 3 rings (SSSR count). The van der Waals surface area contributed by atoms with Crippen LogP contribution in [0.2, 0.25) is 5.02 Å². The molecule has 1 saturated heterocycles. The molecule has 1 aliphatic heterocycles. The van der Waals surface area contributed by atoms with E-state index in [1.54, 1.807) is 12.1 Å². The number of hydrogen-bond donors (Lipinski definition) is 1. The Labute approximate surface area is 164 Å². The lowest BCUT2D eigenvalue weighted by atomic mass is 10.2. The summed E-state index contributed by atoms with van der Waals surface area (Å²) in [5.41, 5.74) is 2.84. The number of anilines is 2. The van der Waals surface area contributed by atoms with Gasteiger partial charge in [0.2, 0.25) is 11.8 Å². The van der Waals surface area contributed by atoms with Crippen molar-refractivity contribution in [3.8, 4) is 0 Å². The lowest BCUT2D eigenvalue weighted by molar-refractivity contribution is -0.133. The van der Waals surface area contributed by atoms with E-state index in [-0.39, 0.29) is 18.4 Å². The first kappa shape index (κ1) is 19.2. The van der Waals surface area contributed by atoms with Crippen LogP contribution in [-0.2, 0) is 16.1 Å². The van der Waals surface area contributed by atoms with Crippen LogP contribution in [0.25, 0.3) is 0 Å². The van der Waals surface area contributed by atoms with Gasteiger partial charge in [-0.2, -0.15) is 0 Å². The zero-order valence-corrected chi connectivity index (χ0v) is 16.2. The molecule has 1 aliphatic rings. The quantitative estimate of drug-likeness (QED) is 0.819. The zero-order valence-electron chi connectivity index (χ0n) is 15.5. The molecule has 142 valence electrons. The van der Waals surface area contributed by atoms with E-state index in [9.17, 15) is 9.59 Å². The summed E-state index contributed by atoms with van der Waals surface area (Å²) in [7, 11) is 0. The second-order valence-corrected chi connectivity index (χ2v) is 7.23. The Hall–Kier alpha value is -2.53. The average molecular weight is 386 g/mol. The van der Waals surface area contributed by atoms with E-state index < -0.39 is 0 Å². The molecule has 0 unspecified atom stereocenters. The molecule has 0 radical (unpaired) electrons. The van der Waals surface area contributed by atoms with Crippen molar-refractivity contribution < 1.29 is 9.59 Å². The first-order chi connectivity index (χ1) is 13.0. The Morgan fingerprint density at radius 2 is 1.67 bits per heavy atom. The van der Waals surface area contributed by atoms with Gasteiger partial charge in [0, 0.05) is 43.0 Å². The van der Waals surface area contributed by atoms with Gasteiger partial charge in [0.05, 0.1) is 0 Å². The summed E-state index contributed by atoms with van der Waals surface area (Å²) in [5.74, 6) is -0.363. The highest BCUT2D eigenvalue weighted by Gasteiger charge is 2.15. The zero-order chi connectivity index (χ0) is 19.2. The molecule has 2 amide bonds. The Morgan fingerprint density at radius 3 is 2.26 bits per heavy atom. The van der Waals surface area contributed by atoms with Crippen molar-refractivity contribution in [3.05, 3.63) is 59.1 Å². The van der Waals surface area contributed by atoms with Crippen LogP contribution in [-0.4, -0.2) is 36.3 Å². The monoisotopic (exact) mass is 385 g/mol. The maximum Gasteiger partial charge on any atom is 0.244 e. The summed E-state index contributed by atoms with van der Waals surface area (Å²) >= 11 is 5.89. The van der Waals surface area contributed by atoms with E-state index in [4.69, 9.17) is 11.6 Å². The maximum absolute atomic E-state index is 12.4. The van der Waals surface area contributed by atoms with Crippen molar-refractivity contribution in [2.24, 2.45) is 0 Å². The average Bonchev–Trinajstić information content (AvgIpc) is 3.18. The molecule has 1 heterocycles. The summed E-state index contributed by atoms with van der Waals surface area (Å²) in [4.78, 5) is 28.1. The molecule has 0 saturated carbocycles. The van der Waals surface area contributed by atoms with E-state index in [0.29, 0.717) is 11.6 Å². The second-order valence-electron chi connectivity index (χ2n) is 6.79. The summed E-state index contributed by atoms with van der Waals surface area (Å²) in [6, 6.07) is 15.1. The van der Waals surface area contributed by atoms with Crippen LogP contribution in [0.4, 0.5) is 11.4 Å². The minimum Gasteiger partial charge on any atom is -0.372 e. The minimum absolute atomic E-state index is 0.00579. The van der Waals surface area contributed by atoms with Gasteiger partial charge >= 0.3 is 0 Å². The van der Waals surface area contributed by atoms with Crippen molar-refractivity contribution in [2.75, 3.05) is 29.9 Å². The van der Waals surface area contributed by atoms with Crippen LogP contribution >= 0.6 is 11.6 Å². The third kappa shape index (κ3) is 5.47. The molecule has 1 fully saturated rings. The van der Waals surface area contributed by atoms with Gasteiger partial charge in [0.15, 0.2) is 0 Å². The van der Waals surface area contributed by atoms with Crippen molar-refractivity contribution in [3.63, 3.8) is 0 Å². The van der Waals surface area contributed by atoms with Gasteiger partial charge in [-0.25, -0.2) is 0 Å². The number of halogens is 1.